The second-order valence-corrected chi connectivity index (χ2v) is 2.67. The molecule has 0 nitrogen and oxygen atoms in total. The summed E-state index contributed by atoms with van der Waals surface area (Å²) in [6, 6.07) is 8.05. The maximum absolute atomic E-state index is 3.35. The molecule has 0 heterocycles. The van der Waals surface area contributed by atoms with Gasteiger partial charge in [0.05, 0.1) is 0 Å². The first-order chi connectivity index (χ1) is 4.33. The summed E-state index contributed by atoms with van der Waals surface area (Å²) in [4.78, 5) is 0. The van der Waals surface area contributed by atoms with E-state index in [0.717, 1.165) is 10.0 Å². The van der Waals surface area contributed by atoms with Crippen molar-refractivity contribution < 1.29 is 0 Å². The molecule has 1 aromatic rings. The van der Waals surface area contributed by atoms with Crippen molar-refractivity contribution in [2.75, 3.05) is 0 Å². The van der Waals surface area contributed by atoms with Crippen LogP contribution in [0.2, 0.25) is 0 Å². The molecule has 0 spiro atoms. The molecular formula is C8H7Br. The summed E-state index contributed by atoms with van der Waals surface area (Å²) >= 11 is 3.35. The largest absolute Gasteiger partial charge is 0.0573 e. The van der Waals surface area contributed by atoms with E-state index < -0.39 is 0 Å². The Balaban J connectivity index is 2.88. The topological polar surface area (TPSA) is 0 Å². The number of rotatable bonds is 1. The first-order valence-corrected chi connectivity index (χ1v) is 3.55. The van der Waals surface area contributed by atoms with Crippen molar-refractivity contribution in [3.8, 4) is 0 Å². The quantitative estimate of drug-likeness (QED) is 0.627. The highest BCUT2D eigenvalue weighted by Gasteiger charge is 1.86. The number of halogens is 1. The van der Waals surface area contributed by atoms with Gasteiger partial charge in [0.15, 0.2) is 0 Å². The highest BCUT2D eigenvalue weighted by Crippen LogP contribution is 2.10. The first kappa shape index (κ1) is 6.81. The molecule has 0 saturated carbocycles. The summed E-state index contributed by atoms with van der Waals surface area (Å²) in [5.74, 6) is 0. The first-order valence-electron chi connectivity index (χ1n) is 2.76. The minimum atomic E-state index is 1.11. The van der Waals surface area contributed by atoms with E-state index in [0.29, 0.717) is 0 Å². The molecule has 1 rings (SSSR count). The molecule has 0 saturated heterocycles. The van der Waals surface area contributed by atoms with Crippen molar-refractivity contribution in [1.29, 1.82) is 0 Å². The van der Waals surface area contributed by atoms with E-state index in [-0.39, 0.29) is 0 Å². The summed E-state index contributed by atoms with van der Waals surface area (Å²) in [6.45, 7) is 1.91. The van der Waals surface area contributed by atoms with Crippen molar-refractivity contribution in [2.24, 2.45) is 0 Å². The van der Waals surface area contributed by atoms with Crippen molar-refractivity contribution in [3.63, 3.8) is 0 Å². The Labute approximate surface area is 64.0 Å². The van der Waals surface area contributed by atoms with Gasteiger partial charge >= 0.3 is 0 Å². The zero-order valence-corrected chi connectivity index (χ0v) is 6.77. The summed E-state index contributed by atoms with van der Waals surface area (Å²) in [6.07, 6.45) is 3.03. The van der Waals surface area contributed by atoms with Crippen LogP contribution in [0, 0.1) is 6.42 Å². The summed E-state index contributed by atoms with van der Waals surface area (Å²) in [7, 11) is 0. The van der Waals surface area contributed by atoms with Gasteiger partial charge in [-0.2, -0.15) is 0 Å². The third-order valence-corrected chi connectivity index (χ3v) is 1.66. The molecular weight excluding hydrogens is 176 g/mol. The van der Waals surface area contributed by atoms with Gasteiger partial charge in [0.1, 0.15) is 0 Å². The summed E-state index contributed by atoms with van der Waals surface area (Å²) in [5, 5.41) is 0. The molecule has 9 heavy (non-hydrogen) atoms. The minimum Gasteiger partial charge on any atom is -0.0573 e. The Morgan fingerprint density at radius 1 is 1.22 bits per heavy atom. The fourth-order valence-electron chi connectivity index (χ4n) is 0.617. The van der Waals surface area contributed by atoms with Gasteiger partial charge in [-0.05, 0) is 17.7 Å². The van der Waals surface area contributed by atoms with E-state index in [1.807, 2.05) is 31.2 Å². The predicted molar refractivity (Wildman–Crippen MR) is 42.2 cm³/mol. The van der Waals surface area contributed by atoms with E-state index in [1.54, 1.807) is 0 Å². The molecule has 0 N–H and O–H groups in total. The van der Waals surface area contributed by atoms with Crippen LogP contribution in [-0.4, -0.2) is 0 Å². The SMILES string of the molecule is C[C]c1ccc(Br)cc1. The molecule has 0 aliphatic carbocycles. The van der Waals surface area contributed by atoms with E-state index in [4.69, 9.17) is 0 Å². The average molecular weight is 183 g/mol. The van der Waals surface area contributed by atoms with E-state index >= 15 is 0 Å². The van der Waals surface area contributed by atoms with Crippen LogP contribution in [0.25, 0.3) is 0 Å². The Morgan fingerprint density at radius 2 is 1.78 bits per heavy atom. The number of benzene rings is 1. The smallest absolute Gasteiger partial charge is 0.0175 e. The van der Waals surface area contributed by atoms with E-state index in [9.17, 15) is 0 Å². The maximum Gasteiger partial charge on any atom is 0.0175 e. The minimum absolute atomic E-state index is 1.11. The Bertz CT molecular complexity index is 176. The van der Waals surface area contributed by atoms with Gasteiger partial charge in [-0.15, -0.1) is 0 Å². The van der Waals surface area contributed by atoms with Gasteiger partial charge in [0.25, 0.3) is 0 Å². The second-order valence-electron chi connectivity index (χ2n) is 1.76. The normalized spacial score (nSPS) is 9.56. The van der Waals surface area contributed by atoms with Gasteiger partial charge < -0.3 is 0 Å². The highest BCUT2D eigenvalue weighted by atomic mass is 79.9. The molecule has 0 bridgehead atoms. The standard InChI is InChI=1S/C8H7Br/c1-2-7-3-5-8(9)6-4-7/h3-6H,1H3. The number of hydrogen-bond donors (Lipinski definition) is 0. The van der Waals surface area contributed by atoms with Crippen molar-refractivity contribution in [3.05, 3.63) is 40.7 Å². The van der Waals surface area contributed by atoms with Gasteiger partial charge in [-0.3, -0.25) is 0 Å². The molecule has 46 valence electrons. The molecule has 2 radical (unpaired) electrons. The maximum atomic E-state index is 3.35. The van der Waals surface area contributed by atoms with Crippen molar-refractivity contribution in [1.82, 2.24) is 0 Å². The third-order valence-electron chi connectivity index (χ3n) is 1.13. The molecule has 0 unspecified atom stereocenters. The summed E-state index contributed by atoms with van der Waals surface area (Å²) < 4.78 is 1.11. The highest BCUT2D eigenvalue weighted by molar-refractivity contribution is 9.10. The second kappa shape index (κ2) is 3.02. The van der Waals surface area contributed by atoms with Crippen LogP contribution in [0.5, 0.6) is 0 Å². The van der Waals surface area contributed by atoms with Crippen LogP contribution in [0.3, 0.4) is 0 Å². The Hall–Kier alpha value is -0.300. The van der Waals surface area contributed by atoms with Crippen LogP contribution in [0.1, 0.15) is 12.5 Å². The van der Waals surface area contributed by atoms with Gasteiger partial charge in [0, 0.05) is 10.9 Å². The lowest BCUT2D eigenvalue weighted by Crippen LogP contribution is -1.73. The third kappa shape index (κ3) is 1.83. The lowest BCUT2D eigenvalue weighted by Gasteiger charge is -1.92. The number of hydrogen-bond acceptors (Lipinski definition) is 0. The molecule has 0 atom stereocenters. The van der Waals surface area contributed by atoms with Crippen molar-refractivity contribution in [2.45, 2.75) is 6.92 Å². The Morgan fingerprint density at radius 3 is 2.22 bits per heavy atom. The average Bonchev–Trinajstić information content (AvgIpc) is 1.90. The van der Waals surface area contributed by atoms with Crippen molar-refractivity contribution >= 4 is 15.9 Å². The van der Waals surface area contributed by atoms with E-state index in [1.165, 1.54) is 0 Å². The Kier molecular flexibility index (Phi) is 2.29. The van der Waals surface area contributed by atoms with Crippen LogP contribution in [-0.2, 0) is 0 Å². The van der Waals surface area contributed by atoms with Crippen LogP contribution < -0.4 is 0 Å². The predicted octanol–water partition coefficient (Wildman–Crippen LogP) is 2.90. The molecule has 0 aromatic heterocycles. The zero-order chi connectivity index (χ0) is 6.69. The zero-order valence-electron chi connectivity index (χ0n) is 5.19. The lowest BCUT2D eigenvalue weighted by atomic mass is 10.2. The van der Waals surface area contributed by atoms with Crippen LogP contribution >= 0.6 is 15.9 Å². The molecule has 0 fully saturated rings. The fraction of sp³-hybridized carbons (Fsp3) is 0.125. The van der Waals surface area contributed by atoms with Crippen LogP contribution in [0.15, 0.2) is 28.7 Å². The monoisotopic (exact) mass is 182 g/mol. The van der Waals surface area contributed by atoms with E-state index in [2.05, 4.69) is 22.4 Å². The van der Waals surface area contributed by atoms with Crippen LogP contribution in [0.4, 0.5) is 0 Å². The molecule has 0 aliphatic heterocycles. The van der Waals surface area contributed by atoms with Gasteiger partial charge in [-0.25, -0.2) is 0 Å². The van der Waals surface area contributed by atoms with Gasteiger partial charge in [-0.1, -0.05) is 35.0 Å². The molecule has 1 aromatic carbocycles. The molecule has 0 amide bonds. The summed E-state index contributed by atoms with van der Waals surface area (Å²) in [5.41, 5.74) is 1.14. The van der Waals surface area contributed by atoms with Gasteiger partial charge in [0.2, 0.25) is 0 Å². The molecule has 1 heteroatoms. The lowest BCUT2D eigenvalue weighted by molar-refractivity contribution is 1.42. The fourth-order valence-corrected chi connectivity index (χ4v) is 0.881. The molecule has 0 aliphatic rings.